The Kier molecular flexibility index (Phi) is 2.62. The van der Waals surface area contributed by atoms with Crippen LogP contribution in [0.4, 0.5) is 0 Å². The number of carbonyl (C=O) groups excluding carboxylic acids is 1. The van der Waals surface area contributed by atoms with Crippen LogP contribution in [0.3, 0.4) is 0 Å². The molecule has 1 aromatic heterocycles. The number of ether oxygens (including phenoxy) is 2. The van der Waals surface area contributed by atoms with E-state index in [2.05, 4.69) is 5.10 Å². The third-order valence-electron chi connectivity index (χ3n) is 2.43. The summed E-state index contributed by atoms with van der Waals surface area (Å²) in [4.78, 5) is 11.4. The van der Waals surface area contributed by atoms with Crippen molar-refractivity contribution < 1.29 is 14.3 Å². The van der Waals surface area contributed by atoms with Crippen LogP contribution in [0.2, 0.25) is 0 Å². The molecule has 0 amide bonds. The number of aromatic nitrogens is 2. The van der Waals surface area contributed by atoms with Gasteiger partial charge in [-0.25, -0.2) is 4.79 Å². The monoisotopic (exact) mass is 210 g/mol. The number of carbonyl (C=O) groups is 1. The third kappa shape index (κ3) is 2.29. The molecule has 0 bridgehead atoms. The maximum absolute atomic E-state index is 11.4. The van der Waals surface area contributed by atoms with E-state index < -0.39 is 6.10 Å². The first-order valence-corrected chi connectivity index (χ1v) is 4.94. The van der Waals surface area contributed by atoms with Crippen LogP contribution in [0.5, 0.6) is 5.75 Å². The van der Waals surface area contributed by atoms with Crippen molar-refractivity contribution >= 4 is 5.97 Å². The molecule has 15 heavy (non-hydrogen) atoms. The Morgan fingerprint density at radius 2 is 2.40 bits per heavy atom. The fourth-order valence-electron chi connectivity index (χ4n) is 1.46. The van der Waals surface area contributed by atoms with Crippen molar-refractivity contribution in [3.63, 3.8) is 0 Å². The highest BCUT2D eigenvalue weighted by atomic mass is 16.6. The van der Waals surface area contributed by atoms with Crippen LogP contribution in [-0.2, 0) is 16.6 Å². The fraction of sp³-hybridized carbons (Fsp3) is 0.600. The minimum absolute atomic E-state index is 0.303. The van der Waals surface area contributed by atoms with Crippen molar-refractivity contribution in [1.82, 2.24) is 9.78 Å². The van der Waals surface area contributed by atoms with E-state index in [0.29, 0.717) is 11.7 Å². The zero-order chi connectivity index (χ0) is 10.8. The summed E-state index contributed by atoms with van der Waals surface area (Å²) in [6.45, 7) is 0. The van der Waals surface area contributed by atoms with Gasteiger partial charge in [0.15, 0.2) is 11.9 Å². The van der Waals surface area contributed by atoms with E-state index in [9.17, 15) is 4.79 Å². The molecule has 0 radical (unpaired) electrons. The predicted molar refractivity (Wildman–Crippen MR) is 52.4 cm³/mol. The summed E-state index contributed by atoms with van der Waals surface area (Å²) in [5.41, 5.74) is 0. The van der Waals surface area contributed by atoms with E-state index in [1.54, 1.807) is 24.1 Å². The lowest BCUT2D eigenvalue weighted by Gasteiger charge is -2.14. The molecule has 1 unspecified atom stereocenters. The topological polar surface area (TPSA) is 53.4 Å². The van der Waals surface area contributed by atoms with Gasteiger partial charge in [-0.3, -0.25) is 4.68 Å². The maximum Gasteiger partial charge on any atom is 0.347 e. The highest BCUT2D eigenvalue weighted by Crippen LogP contribution is 2.35. The Morgan fingerprint density at radius 3 is 2.87 bits per heavy atom. The van der Waals surface area contributed by atoms with Gasteiger partial charge in [-0.15, -0.1) is 0 Å². The smallest absolute Gasteiger partial charge is 0.347 e. The molecular formula is C10H14N2O3. The molecule has 0 spiro atoms. The molecule has 5 heteroatoms. The molecule has 82 valence electrons. The molecule has 0 N–H and O–H groups in total. The lowest BCUT2D eigenvalue weighted by Crippen LogP contribution is -2.30. The van der Waals surface area contributed by atoms with E-state index >= 15 is 0 Å². The van der Waals surface area contributed by atoms with Gasteiger partial charge in [-0.2, -0.15) is 5.10 Å². The molecule has 1 heterocycles. The van der Waals surface area contributed by atoms with Gasteiger partial charge in [0, 0.05) is 13.0 Å². The average Bonchev–Trinajstić information content (AvgIpc) is 2.98. The van der Waals surface area contributed by atoms with Crippen molar-refractivity contribution in [2.75, 3.05) is 7.11 Å². The van der Waals surface area contributed by atoms with E-state index in [-0.39, 0.29) is 5.97 Å². The van der Waals surface area contributed by atoms with Gasteiger partial charge in [-0.05, 0) is 12.8 Å². The summed E-state index contributed by atoms with van der Waals surface area (Å²) in [5.74, 6) is 0.610. The van der Waals surface area contributed by atoms with Gasteiger partial charge < -0.3 is 9.47 Å². The molecule has 1 fully saturated rings. The van der Waals surface area contributed by atoms with E-state index in [1.807, 2.05) is 0 Å². The lowest BCUT2D eigenvalue weighted by atomic mass is 10.2. The summed E-state index contributed by atoms with van der Waals surface area (Å²) < 4.78 is 11.9. The SMILES string of the molecule is COC(=O)C(Oc1cnn(C)c1)C1CC1. The Labute approximate surface area is 88.0 Å². The Hall–Kier alpha value is -1.52. The molecule has 1 aromatic rings. The summed E-state index contributed by atoms with van der Waals surface area (Å²) in [6.07, 6.45) is 4.91. The summed E-state index contributed by atoms with van der Waals surface area (Å²) in [6, 6.07) is 0. The van der Waals surface area contributed by atoms with Gasteiger partial charge in [0.25, 0.3) is 0 Å². The molecule has 1 aliphatic rings. The van der Waals surface area contributed by atoms with Crippen LogP contribution in [0.25, 0.3) is 0 Å². The standard InChI is InChI=1S/C10H14N2O3/c1-12-6-8(5-11-12)15-9(7-3-4-7)10(13)14-2/h5-7,9H,3-4H2,1-2H3. The van der Waals surface area contributed by atoms with Crippen molar-refractivity contribution in [1.29, 1.82) is 0 Å². The summed E-state index contributed by atoms with van der Waals surface area (Å²) in [5, 5.41) is 3.97. The molecule has 0 saturated heterocycles. The molecule has 5 nitrogen and oxygen atoms in total. The number of hydrogen-bond acceptors (Lipinski definition) is 4. The van der Waals surface area contributed by atoms with Crippen LogP contribution in [-0.4, -0.2) is 29.0 Å². The number of aryl methyl sites for hydroxylation is 1. The van der Waals surface area contributed by atoms with Crippen LogP contribution >= 0.6 is 0 Å². The third-order valence-corrected chi connectivity index (χ3v) is 2.43. The van der Waals surface area contributed by atoms with E-state index in [0.717, 1.165) is 12.8 Å². The number of nitrogens with zero attached hydrogens (tertiary/aromatic N) is 2. The summed E-state index contributed by atoms with van der Waals surface area (Å²) >= 11 is 0. The molecule has 1 aliphatic carbocycles. The molecule has 1 saturated carbocycles. The van der Waals surface area contributed by atoms with Crippen molar-refractivity contribution in [3.05, 3.63) is 12.4 Å². The van der Waals surface area contributed by atoms with Crippen molar-refractivity contribution in [2.45, 2.75) is 18.9 Å². The van der Waals surface area contributed by atoms with Crippen LogP contribution in [0.15, 0.2) is 12.4 Å². The number of hydrogen-bond donors (Lipinski definition) is 0. The minimum Gasteiger partial charge on any atom is -0.475 e. The van der Waals surface area contributed by atoms with Gasteiger partial charge >= 0.3 is 5.97 Å². The van der Waals surface area contributed by atoms with Crippen LogP contribution in [0, 0.1) is 5.92 Å². The zero-order valence-corrected chi connectivity index (χ0v) is 8.84. The Bertz CT molecular complexity index is 357. The summed E-state index contributed by atoms with van der Waals surface area (Å²) in [7, 11) is 3.18. The quantitative estimate of drug-likeness (QED) is 0.688. The van der Waals surface area contributed by atoms with Gasteiger partial charge in [0.1, 0.15) is 0 Å². The molecule has 0 aromatic carbocycles. The minimum atomic E-state index is -0.473. The van der Waals surface area contributed by atoms with E-state index in [4.69, 9.17) is 9.47 Å². The van der Waals surface area contributed by atoms with E-state index in [1.165, 1.54) is 7.11 Å². The fourth-order valence-corrected chi connectivity index (χ4v) is 1.46. The lowest BCUT2D eigenvalue weighted by molar-refractivity contribution is -0.149. The van der Waals surface area contributed by atoms with Crippen LogP contribution < -0.4 is 4.74 Å². The number of esters is 1. The number of methoxy groups -OCH3 is 1. The number of rotatable bonds is 4. The molecule has 1 atom stereocenters. The first-order valence-electron chi connectivity index (χ1n) is 4.94. The Balaban J connectivity index is 2.03. The molecular weight excluding hydrogens is 196 g/mol. The largest absolute Gasteiger partial charge is 0.475 e. The normalized spacial score (nSPS) is 17.2. The predicted octanol–water partition coefficient (Wildman–Crippen LogP) is 0.750. The molecule has 2 rings (SSSR count). The second-order valence-corrected chi connectivity index (χ2v) is 3.75. The first-order chi connectivity index (χ1) is 7.20. The van der Waals surface area contributed by atoms with Gasteiger partial charge in [0.2, 0.25) is 0 Å². The first kappa shape index (κ1) is 10.0. The highest BCUT2D eigenvalue weighted by molar-refractivity contribution is 5.75. The highest BCUT2D eigenvalue weighted by Gasteiger charge is 2.39. The van der Waals surface area contributed by atoms with Crippen LogP contribution in [0.1, 0.15) is 12.8 Å². The second kappa shape index (κ2) is 3.92. The average molecular weight is 210 g/mol. The maximum atomic E-state index is 11.4. The van der Waals surface area contributed by atoms with Gasteiger partial charge in [-0.1, -0.05) is 0 Å². The Morgan fingerprint density at radius 1 is 1.67 bits per heavy atom. The van der Waals surface area contributed by atoms with Crippen molar-refractivity contribution in [3.8, 4) is 5.75 Å². The zero-order valence-electron chi connectivity index (χ0n) is 8.84. The van der Waals surface area contributed by atoms with Crippen molar-refractivity contribution in [2.24, 2.45) is 13.0 Å². The second-order valence-electron chi connectivity index (χ2n) is 3.75. The molecule has 0 aliphatic heterocycles. The van der Waals surface area contributed by atoms with Gasteiger partial charge in [0.05, 0.1) is 19.5 Å².